The molecule has 1 heterocycles. The van der Waals surface area contributed by atoms with E-state index in [2.05, 4.69) is 32.6 Å². The Morgan fingerprint density at radius 3 is 2.57 bits per heavy atom. The molecule has 0 amide bonds. The van der Waals surface area contributed by atoms with Crippen molar-refractivity contribution in [3.05, 3.63) is 0 Å². The molecule has 0 aromatic rings. The van der Waals surface area contributed by atoms with E-state index in [4.69, 9.17) is 0 Å². The minimum atomic E-state index is 0.329. The van der Waals surface area contributed by atoms with Crippen molar-refractivity contribution >= 4 is 5.78 Å². The topological polar surface area (TPSA) is 20.3 Å². The summed E-state index contributed by atoms with van der Waals surface area (Å²) in [6.45, 7) is 12.8. The molecule has 0 N–H and O–H groups in total. The lowest BCUT2D eigenvalue weighted by atomic mass is 9.76. The second-order valence-corrected chi connectivity index (χ2v) is 8.51. The first-order valence-corrected chi connectivity index (χ1v) is 9.15. The first-order chi connectivity index (χ1) is 9.90. The predicted molar refractivity (Wildman–Crippen MR) is 89.4 cm³/mol. The molecule has 2 fully saturated rings. The SMILES string of the molecule is CCC1CCC(=O)C(CN2CCCC(C(C)(C)C)CC2)C1. The minimum absolute atomic E-state index is 0.329. The first kappa shape index (κ1) is 17.0. The molecule has 0 spiro atoms. The van der Waals surface area contributed by atoms with E-state index < -0.39 is 0 Å². The van der Waals surface area contributed by atoms with Gasteiger partial charge in [-0.15, -0.1) is 0 Å². The van der Waals surface area contributed by atoms with Crippen LogP contribution in [0.2, 0.25) is 0 Å². The van der Waals surface area contributed by atoms with E-state index in [1.54, 1.807) is 0 Å². The lowest BCUT2D eigenvalue weighted by Crippen LogP contribution is -2.37. The fraction of sp³-hybridized carbons (Fsp3) is 0.947. The molecule has 122 valence electrons. The van der Waals surface area contributed by atoms with Gasteiger partial charge >= 0.3 is 0 Å². The lowest BCUT2D eigenvalue weighted by molar-refractivity contribution is -0.126. The molecular formula is C19H35NO. The van der Waals surface area contributed by atoms with E-state index in [1.165, 1.54) is 38.8 Å². The Morgan fingerprint density at radius 2 is 1.90 bits per heavy atom. The Bertz CT molecular complexity index is 344. The fourth-order valence-electron chi connectivity index (χ4n) is 4.27. The molecule has 1 aliphatic heterocycles. The number of rotatable bonds is 3. The zero-order chi connectivity index (χ0) is 15.5. The highest BCUT2D eigenvalue weighted by Gasteiger charge is 2.31. The highest BCUT2D eigenvalue weighted by molar-refractivity contribution is 5.81. The summed E-state index contributed by atoms with van der Waals surface area (Å²) in [4.78, 5) is 14.8. The Balaban J connectivity index is 1.86. The summed E-state index contributed by atoms with van der Waals surface area (Å²) in [6, 6.07) is 0. The molecule has 2 rings (SSSR count). The molecule has 0 bridgehead atoms. The van der Waals surface area contributed by atoms with Crippen LogP contribution >= 0.6 is 0 Å². The summed E-state index contributed by atoms with van der Waals surface area (Å²) in [5, 5.41) is 0. The van der Waals surface area contributed by atoms with Gasteiger partial charge < -0.3 is 4.90 Å². The Labute approximate surface area is 131 Å². The standard InChI is InChI=1S/C19H35NO/c1-5-15-8-9-18(21)16(13-15)14-20-11-6-7-17(10-12-20)19(2,3)4/h15-17H,5-14H2,1-4H3. The smallest absolute Gasteiger partial charge is 0.137 e. The number of ketones is 1. The number of hydrogen-bond donors (Lipinski definition) is 0. The van der Waals surface area contributed by atoms with Crippen LogP contribution in [-0.2, 0) is 4.79 Å². The molecule has 21 heavy (non-hydrogen) atoms. The maximum absolute atomic E-state index is 12.2. The van der Waals surface area contributed by atoms with E-state index in [9.17, 15) is 4.79 Å². The van der Waals surface area contributed by atoms with Crippen LogP contribution in [0.15, 0.2) is 0 Å². The van der Waals surface area contributed by atoms with Gasteiger partial charge in [0.2, 0.25) is 0 Å². The van der Waals surface area contributed by atoms with Crippen LogP contribution in [0.4, 0.5) is 0 Å². The fourth-order valence-corrected chi connectivity index (χ4v) is 4.27. The molecule has 3 atom stereocenters. The largest absolute Gasteiger partial charge is 0.303 e. The molecule has 0 radical (unpaired) electrons. The summed E-state index contributed by atoms with van der Waals surface area (Å²) >= 11 is 0. The van der Waals surface area contributed by atoms with Gasteiger partial charge in [0.1, 0.15) is 5.78 Å². The predicted octanol–water partition coefficient (Wildman–Crippen LogP) is 4.53. The molecule has 3 unspecified atom stereocenters. The average molecular weight is 293 g/mol. The third kappa shape index (κ3) is 4.81. The molecule has 2 nitrogen and oxygen atoms in total. The first-order valence-electron chi connectivity index (χ1n) is 9.15. The second kappa shape index (κ2) is 7.26. The summed E-state index contributed by atoms with van der Waals surface area (Å²) < 4.78 is 0. The van der Waals surface area contributed by atoms with Crippen molar-refractivity contribution in [1.29, 1.82) is 0 Å². The molecule has 1 saturated heterocycles. The van der Waals surface area contributed by atoms with Gasteiger partial charge in [-0.1, -0.05) is 34.1 Å². The highest BCUT2D eigenvalue weighted by Crippen LogP contribution is 2.35. The Hall–Kier alpha value is -0.370. The van der Waals surface area contributed by atoms with Crippen LogP contribution in [0.5, 0.6) is 0 Å². The van der Waals surface area contributed by atoms with Crippen molar-refractivity contribution in [2.45, 2.75) is 72.6 Å². The summed E-state index contributed by atoms with van der Waals surface area (Å²) in [5.74, 6) is 2.50. The van der Waals surface area contributed by atoms with E-state index in [1.807, 2.05) is 0 Å². The zero-order valence-corrected chi connectivity index (χ0v) is 14.7. The third-order valence-corrected chi connectivity index (χ3v) is 5.97. The highest BCUT2D eigenvalue weighted by atomic mass is 16.1. The van der Waals surface area contributed by atoms with Crippen molar-refractivity contribution in [3.63, 3.8) is 0 Å². The molecule has 2 heteroatoms. The van der Waals surface area contributed by atoms with Crippen LogP contribution in [0.3, 0.4) is 0 Å². The van der Waals surface area contributed by atoms with Crippen molar-refractivity contribution in [3.8, 4) is 0 Å². The summed E-state index contributed by atoms with van der Waals surface area (Å²) in [7, 11) is 0. The van der Waals surface area contributed by atoms with Crippen molar-refractivity contribution in [2.24, 2.45) is 23.2 Å². The molecule has 0 aromatic carbocycles. The normalized spacial score (nSPS) is 33.0. The van der Waals surface area contributed by atoms with Gasteiger partial charge in [0.25, 0.3) is 0 Å². The van der Waals surface area contributed by atoms with Crippen LogP contribution in [0.1, 0.15) is 72.6 Å². The second-order valence-electron chi connectivity index (χ2n) is 8.51. The van der Waals surface area contributed by atoms with Gasteiger partial charge in [0, 0.05) is 18.9 Å². The third-order valence-electron chi connectivity index (χ3n) is 5.97. The van der Waals surface area contributed by atoms with Crippen LogP contribution < -0.4 is 0 Å². The summed E-state index contributed by atoms with van der Waals surface area (Å²) in [5.41, 5.74) is 0.434. The maximum Gasteiger partial charge on any atom is 0.137 e. The van der Waals surface area contributed by atoms with Crippen LogP contribution in [0, 0.1) is 23.2 Å². The number of likely N-dealkylation sites (tertiary alicyclic amines) is 1. The van der Waals surface area contributed by atoms with Crippen molar-refractivity contribution in [2.75, 3.05) is 19.6 Å². The Kier molecular flexibility index (Phi) is 5.88. The van der Waals surface area contributed by atoms with Gasteiger partial charge in [-0.25, -0.2) is 0 Å². The Morgan fingerprint density at radius 1 is 1.14 bits per heavy atom. The monoisotopic (exact) mass is 293 g/mol. The molecular weight excluding hydrogens is 258 g/mol. The lowest BCUT2D eigenvalue weighted by Gasteiger charge is -2.32. The van der Waals surface area contributed by atoms with Gasteiger partial charge in [-0.3, -0.25) is 4.79 Å². The molecule has 1 saturated carbocycles. The average Bonchev–Trinajstić information content (AvgIpc) is 2.66. The number of Topliss-reactive ketones (excluding diaryl/α,β-unsaturated/α-hetero) is 1. The molecule has 2 aliphatic rings. The molecule has 0 aromatic heterocycles. The maximum atomic E-state index is 12.2. The van der Waals surface area contributed by atoms with E-state index in [0.717, 1.165) is 37.6 Å². The number of carbonyl (C=O) groups is 1. The van der Waals surface area contributed by atoms with Crippen LogP contribution in [0.25, 0.3) is 0 Å². The summed E-state index contributed by atoms with van der Waals surface area (Å²) in [6.07, 6.45) is 8.34. The van der Waals surface area contributed by atoms with E-state index in [-0.39, 0.29) is 0 Å². The number of nitrogens with zero attached hydrogens (tertiary/aromatic N) is 1. The van der Waals surface area contributed by atoms with Gasteiger partial charge in [-0.05, 0) is 62.4 Å². The quantitative estimate of drug-likeness (QED) is 0.762. The van der Waals surface area contributed by atoms with E-state index in [0.29, 0.717) is 17.1 Å². The zero-order valence-electron chi connectivity index (χ0n) is 14.7. The van der Waals surface area contributed by atoms with Crippen molar-refractivity contribution in [1.82, 2.24) is 4.90 Å². The molecule has 1 aliphatic carbocycles. The van der Waals surface area contributed by atoms with Gasteiger partial charge in [0.15, 0.2) is 0 Å². The van der Waals surface area contributed by atoms with Crippen molar-refractivity contribution < 1.29 is 4.79 Å². The van der Waals surface area contributed by atoms with Gasteiger partial charge in [-0.2, -0.15) is 0 Å². The van der Waals surface area contributed by atoms with Crippen LogP contribution in [-0.4, -0.2) is 30.3 Å². The van der Waals surface area contributed by atoms with E-state index >= 15 is 0 Å². The van der Waals surface area contributed by atoms with Gasteiger partial charge in [0.05, 0.1) is 0 Å². The number of carbonyl (C=O) groups excluding carboxylic acids is 1. The number of hydrogen-bond acceptors (Lipinski definition) is 2. The minimum Gasteiger partial charge on any atom is -0.303 e.